The Morgan fingerprint density at radius 3 is 2.08 bits per heavy atom. The lowest BCUT2D eigenvalue weighted by atomic mass is 10.2. The van der Waals surface area contributed by atoms with Crippen LogP contribution in [-0.4, -0.2) is 83.5 Å². The normalized spacial score (nSPS) is 13.0. The van der Waals surface area contributed by atoms with Crippen molar-refractivity contribution in [2.45, 2.75) is 39.3 Å². The first-order valence-electron chi connectivity index (χ1n) is 9.42. The molecule has 0 radical (unpaired) electrons. The SMILES string of the molecule is CCCOCCOCCOCCOC(=O)C(C)CNCCC[Si](C)(O)O. The van der Waals surface area contributed by atoms with Crippen molar-refractivity contribution in [1.82, 2.24) is 5.32 Å². The smallest absolute Gasteiger partial charge is 0.329 e. The molecule has 8 nitrogen and oxygen atoms in total. The van der Waals surface area contributed by atoms with E-state index in [2.05, 4.69) is 12.2 Å². The van der Waals surface area contributed by atoms with Gasteiger partial charge in [-0.05, 0) is 32.0 Å². The van der Waals surface area contributed by atoms with Crippen LogP contribution in [0.1, 0.15) is 26.7 Å². The molecular formula is C17H37NO7Si. The minimum atomic E-state index is -2.96. The van der Waals surface area contributed by atoms with Crippen LogP contribution < -0.4 is 5.32 Å². The van der Waals surface area contributed by atoms with Crippen molar-refractivity contribution in [3.05, 3.63) is 0 Å². The Bertz CT molecular complexity index is 340. The zero-order valence-electron chi connectivity index (χ0n) is 16.5. The second kappa shape index (κ2) is 16.6. The molecule has 0 aromatic heterocycles. The number of esters is 1. The molecule has 0 aromatic carbocycles. The van der Waals surface area contributed by atoms with Gasteiger partial charge in [-0.15, -0.1) is 0 Å². The van der Waals surface area contributed by atoms with Crippen molar-refractivity contribution in [1.29, 1.82) is 0 Å². The summed E-state index contributed by atoms with van der Waals surface area (Å²) < 4.78 is 21.1. The Morgan fingerprint density at radius 1 is 1.00 bits per heavy atom. The number of nitrogens with one attached hydrogen (secondary N) is 1. The number of carbonyl (C=O) groups is 1. The van der Waals surface area contributed by atoms with Gasteiger partial charge in [0.05, 0.1) is 39.0 Å². The van der Waals surface area contributed by atoms with Crippen molar-refractivity contribution in [2.24, 2.45) is 5.92 Å². The van der Waals surface area contributed by atoms with Crippen LogP contribution in [0.5, 0.6) is 0 Å². The summed E-state index contributed by atoms with van der Waals surface area (Å²) in [5, 5.41) is 3.12. The number of ether oxygens (including phenoxy) is 4. The van der Waals surface area contributed by atoms with Crippen LogP contribution in [0.15, 0.2) is 0 Å². The molecule has 0 aliphatic heterocycles. The van der Waals surface area contributed by atoms with Crippen molar-refractivity contribution in [3.8, 4) is 0 Å². The molecule has 0 aliphatic rings. The van der Waals surface area contributed by atoms with E-state index >= 15 is 0 Å². The number of carbonyl (C=O) groups excluding carboxylic acids is 1. The summed E-state index contributed by atoms with van der Waals surface area (Å²) in [7, 11) is -2.96. The third kappa shape index (κ3) is 18.2. The lowest BCUT2D eigenvalue weighted by Crippen LogP contribution is -2.32. The molecule has 156 valence electrons. The third-order valence-electron chi connectivity index (χ3n) is 3.42. The van der Waals surface area contributed by atoms with Gasteiger partial charge in [0.25, 0.3) is 0 Å². The Kier molecular flexibility index (Phi) is 16.3. The van der Waals surface area contributed by atoms with Crippen LogP contribution in [0.25, 0.3) is 0 Å². The monoisotopic (exact) mass is 395 g/mol. The van der Waals surface area contributed by atoms with Crippen molar-refractivity contribution in [3.63, 3.8) is 0 Å². The summed E-state index contributed by atoms with van der Waals surface area (Å²) in [4.78, 5) is 30.4. The van der Waals surface area contributed by atoms with E-state index in [-0.39, 0.29) is 18.5 Å². The van der Waals surface area contributed by atoms with E-state index in [1.165, 1.54) is 6.55 Å². The molecule has 9 heteroatoms. The highest BCUT2D eigenvalue weighted by molar-refractivity contribution is 6.63. The molecule has 3 N–H and O–H groups in total. The molecule has 1 unspecified atom stereocenters. The van der Waals surface area contributed by atoms with Crippen molar-refractivity contribution < 1.29 is 33.3 Å². The maximum Gasteiger partial charge on any atom is 0.329 e. The van der Waals surface area contributed by atoms with E-state index in [4.69, 9.17) is 18.9 Å². The largest absolute Gasteiger partial charge is 0.463 e. The molecule has 0 aromatic rings. The first-order chi connectivity index (χ1) is 12.4. The maximum absolute atomic E-state index is 11.8. The third-order valence-corrected chi connectivity index (χ3v) is 4.72. The van der Waals surface area contributed by atoms with Crippen molar-refractivity contribution in [2.75, 3.05) is 59.3 Å². The molecule has 0 fully saturated rings. The van der Waals surface area contributed by atoms with Gasteiger partial charge in [0.1, 0.15) is 6.61 Å². The lowest BCUT2D eigenvalue weighted by Gasteiger charge is -2.14. The van der Waals surface area contributed by atoms with Gasteiger partial charge >= 0.3 is 14.5 Å². The Morgan fingerprint density at radius 2 is 1.54 bits per heavy atom. The average molecular weight is 396 g/mol. The lowest BCUT2D eigenvalue weighted by molar-refractivity contribution is -0.149. The molecule has 0 saturated carbocycles. The molecule has 1 atom stereocenters. The van der Waals surface area contributed by atoms with Gasteiger partial charge < -0.3 is 33.9 Å². The molecule has 0 rings (SSSR count). The Balaban J connectivity index is 3.39. The van der Waals surface area contributed by atoms with Gasteiger partial charge in [0, 0.05) is 13.2 Å². The summed E-state index contributed by atoms with van der Waals surface area (Å²) >= 11 is 0. The van der Waals surface area contributed by atoms with Crippen molar-refractivity contribution >= 4 is 14.5 Å². The molecule has 26 heavy (non-hydrogen) atoms. The highest BCUT2D eigenvalue weighted by Crippen LogP contribution is 2.03. The zero-order valence-corrected chi connectivity index (χ0v) is 17.5. The molecular weight excluding hydrogens is 358 g/mol. The first-order valence-corrected chi connectivity index (χ1v) is 12.0. The number of hydrogen-bond donors (Lipinski definition) is 3. The van der Waals surface area contributed by atoms with Gasteiger partial charge in [0.15, 0.2) is 0 Å². The molecule has 0 aliphatic carbocycles. The van der Waals surface area contributed by atoms with Gasteiger partial charge in [-0.25, -0.2) is 0 Å². The highest BCUT2D eigenvalue weighted by Gasteiger charge is 2.20. The summed E-state index contributed by atoms with van der Waals surface area (Å²) in [5.74, 6) is -0.526. The molecule has 0 heterocycles. The van der Waals surface area contributed by atoms with E-state index < -0.39 is 8.56 Å². The predicted molar refractivity (Wildman–Crippen MR) is 101 cm³/mol. The standard InChI is InChI=1S/C17H37NO7Si/c1-4-7-22-8-9-23-10-11-24-12-13-25-17(19)16(2)15-18-6-5-14-26(3,20)21/h16,18,20-21H,4-15H2,1-3H3. The topological polar surface area (TPSA) is 106 Å². The average Bonchev–Trinajstić information content (AvgIpc) is 2.58. The van der Waals surface area contributed by atoms with E-state index in [0.29, 0.717) is 58.6 Å². The van der Waals surface area contributed by atoms with E-state index in [9.17, 15) is 14.4 Å². The number of rotatable bonds is 18. The van der Waals surface area contributed by atoms with Crippen LogP contribution in [0.3, 0.4) is 0 Å². The van der Waals surface area contributed by atoms with Gasteiger partial charge in [0.2, 0.25) is 0 Å². The van der Waals surface area contributed by atoms with E-state index in [1.807, 2.05) is 0 Å². The van der Waals surface area contributed by atoms with Crippen LogP contribution >= 0.6 is 0 Å². The summed E-state index contributed by atoms with van der Waals surface area (Å²) in [6.07, 6.45) is 1.68. The fourth-order valence-electron chi connectivity index (χ4n) is 1.98. The maximum atomic E-state index is 11.8. The highest BCUT2D eigenvalue weighted by atomic mass is 28.4. The fourth-order valence-corrected chi connectivity index (χ4v) is 2.83. The first kappa shape index (κ1) is 25.4. The fraction of sp³-hybridized carbons (Fsp3) is 0.941. The zero-order chi connectivity index (χ0) is 19.7. The second-order valence-electron chi connectivity index (χ2n) is 6.43. The minimum Gasteiger partial charge on any atom is -0.463 e. The molecule has 0 bridgehead atoms. The molecule has 0 spiro atoms. The van der Waals surface area contributed by atoms with Crippen LogP contribution in [0, 0.1) is 5.92 Å². The van der Waals surface area contributed by atoms with Crippen LogP contribution in [-0.2, 0) is 23.7 Å². The number of hydrogen-bond acceptors (Lipinski definition) is 8. The summed E-state index contributed by atoms with van der Waals surface area (Å²) in [6.45, 7) is 9.92. The quantitative estimate of drug-likeness (QED) is 0.177. The summed E-state index contributed by atoms with van der Waals surface area (Å²) in [6, 6.07) is 0.422. The van der Waals surface area contributed by atoms with E-state index in [1.54, 1.807) is 6.92 Å². The predicted octanol–water partition coefficient (Wildman–Crippen LogP) is 0.662. The van der Waals surface area contributed by atoms with Gasteiger partial charge in [-0.3, -0.25) is 4.79 Å². The van der Waals surface area contributed by atoms with Gasteiger partial charge in [-0.1, -0.05) is 13.8 Å². The van der Waals surface area contributed by atoms with E-state index in [0.717, 1.165) is 13.0 Å². The van der Waals surface area contributed by atoms with Crippen LogP contribution in [0.2, 0.25) is 12.6 Å². The molecule has 0 amide bonds. The minimum absolute atomic E-state index is 0.224. The second-order valence-corrected chi connectivity index (χ2v) is 9.36. The summed E-state index contributed by atoms with van der Waals surface area (Å²) in [5.41, 5.74) is 0. The van der Waals surface area contributed by atoms with Gasteiger partial charge in [-0.2, -0.15) is 0 Å². The Hall–Kier alpha value is -0.553. The Labute approximate surface area is 158 Å². The molecule has 0 saturated heterocycles. The van der Waals surface area contributed by atoms with Crippen LogP contribution in [0.4, 0.5) is 0 Å².